The summed E-state index contributed by atoms with van der Waals surface area (Å²) in [6, 6.07) is 4.47. The van der Waals surface area contributed by atoms with Crippen molar-refractivity contribution in [2.24, 2.45) is 5.41 Å². The number of halogens is 3. The van der Waals surface area contributed by atoms with Gasteiger partial charge in [-0.25, -0.2) is 4.98 Å². The summed E-state index contributed by atoms with van der Waals surface area (Å²) < 4.78 is 59.1. The molecular formula is C19H20F3NO5. The van der Waals surface area contributed by atoms with Crippen molar-refractivity contribution in [3.63, 3.8) is 0 Å². The molecule has 1 aliphatic rings. The van der Waals surface area contributed by atoms with E-state index in [1.54, 1.807) is 0 Å². The number of aromatic nitrogens is 1. The number of hydrogen-bond donors (Lipinski definition) is 0. The minimum Gasteiger partial charge on any atom is -0.459 e. The van der Waals surface area contributed by atoms with Gasteiger partial charge in [-0.1, -0.05) is 0 Å². The van der Waals surface area contributed by atoms with Crippen LogP contribution in [0.2, 0.25) is 0 Å². The van der Waals surface area contributed by atoms with Crippen LogP contribution in [0.5, 0.6) is 0 Å². The third kappa shape index (κ3) is 4.53. The Morgan fingerprint density at radius 2 is 1.89 bits per heavy atom. The summed E-state index contributed by atoms with van der Waals surface area (Å²) in [5.41, 5.74) is -0.738. The van der Waals surface area contributed by atoms with Crippen LogP contribution < -0.4 is 0 Å². The maximum Gasteiger partial charge on any atom is 0.416 e. The van der Waals surface area contributed by atoms with E-state index in [9.17, 15) is 18.0 Å². The number of oxazole rings is 1. The molecule has 0 aliphatic carbocycles. The van der Waals surface area contributed by atoms with Gasteiger partial charge in [0.2, 0.25) is 5.89 Å². The Balaban J connectivity index is 1.63. The van der Waals surface area contributed by atoms with Gasteiger partial charge < -0.3 is 18.6 Å². The van der Waals surface area contributed by atoms with Crippen LogP contribution in [0.3, 0.4) is 0 Å². The number of esters is 1. The summed E-state index contributed by atoms with van der Waals surface area (Å²) in [6.45, 7) is 1.06. The van der Waals surface area contributed by atoms with Gasteiger partial charge in [-0.15, -0.1) is 0 Å². The summed E-state index contributed by atoms with van der Waals surface area (Å²) >= 11 is 0. The molecule has 1 aromatic carbocycles. The molecule has 0 unspecified atom stereocenters. The average molecular weight is 399 g/mol. The largest absolute Gasteiger partial charge is 0.459 e. The summed E-state index contributed by atoms with van der Waals surface area (Å²) in [7, 11) is 1.53. The second kappa shape index (κ2) is 8.32. The normalized spacial score (nSPS) is 16.7. The molecule has 2 aromatic rings. The van der Waals surface area contributed by atoms with Gasteiger partial charge in [0.1, 0.15) is 18.6 Å². The van der Waals surface area contributed by atoms with Gasteiger partial charge in [-0.2, -0.15) is 13.2 Å². The van der Waals surface area contributed by atoms with Gasteiger partial charge in [-0.05, 0) is 37.1 Å². The van der Waals surface area contributed by atoms with Gasteiger partial charge >= 0.3 is 12.1 Å². The number of rotatable bonds is 6. The molecule has 0 spiro atoms. The lowest BCUT2D eigenvalue weighted by atomic mass is 9.81. The van der Waals surface area contributed by atoms with Crippen LogP contribution in [-0.2, 0) is 31.8 Å². The van der Waals surface area contributed by atoms with E-state index in [0.29, 0.717) is 37.3 Å². The maximum absolute atomic E-state index is 12.6. The standard InChI is InChI=1S/C19H20F3NO5/c1-25-12-18(6-8-26-9-7-18)17(24)28-11-15-10-27-16(23-15)13-2-4-14(5-3-13)19(20,21)22/h2-5,10H,6-9,11-12H2,1H3. The number of nitrogens with zero attached hydrogens (tertiary/aromatic N) is 1. The van der Waals surface area contributed by atoms with E-state index in [0.717, 1.165) is 12.1 Å². The monoisotopic (exact) mass is 399 g/mol. The van der Waals surface area contributed by atoms with E-state index in [1.807, 2.05) is 0 Å². The Morgan fingerprint density at radius 3 is 2.50 bits per heavy atom. The van der Waals surface area contributed by atoms with Crippen molar-refractivity contribution in [3.05, 3.63) is 41.8 Å². The van der Waals surface area contributed by atoms with E-state index in [4.69, 9.17) is 18.6 Å². The molecule has 0 bridgehead atoms. The Labute approximate surface area is 159 Å². The van der Waals surface area contributed by atoms with Gasteiger partial charge in [-0.3, -0.25) is 4.79 Å². The first-order valence-electron chi connectivity index (χ1n) is 8.70. The Hall–Kier alpha value is -2.39. The van der Waals surface area contributed by atoms with Crippen molar-refractivity contribution in [3.8, 4) is 11.5 Å². The Morgan fingerprint density at radius 1 is 1.21 bits per heavy atom. The van der Waals surface area contributed by atoms with Crippen molar-refractivity contribution >= 4 is 5.97 Å². The zero-order chi connectivity index (χ0) is 20.2. The number of carbonyl (C=O) groups excluding carboxylic acids is 1. The van der Waals surface area contributed by atoms with Crippen LogP contribution in [0.15, 0.2) is 34.9 Å². The third-order valence-electron chi connectivity index (χ3n) is 4.67. The van der Waals surface area contributed by atoms with Gasteiger partial charge in [0.15, 0.2) is 0 Å². The summed E-state index contributed by atoms with van der Waals surface area (Å²) in [5.74, 6) is -0.242. The topological polar surface area (TPSA) is 70.8 Å². The van der Waals surface area contributed by atoms with Gasteiger partial charge in [0.25, 0.3) is 0 Å². The predicted molar refractivity (Wildman–Crippen MR) is 91.1 cm³/mol. The fourth-order valence-corrected chi connectivity index (χ4v) is 3.05. The van der Waals surface area contributed by atoms with Crippen LogP contribution in [-0.4, -0.2) is 37.9 Å². The summed E-state index contributed by atoms with van der Waals surface area (Å²) in [5, 5.41) is 0. The lowest BCUT2D eigenvalue weighted by Crippen LogP contribution is -2.42. The second-order valence-electron chi connectivity index (χ2n) is 6.62. The minimum atomic E-state index is -4.41. The lowest BCUT2D eigenvalue weighted by Gasteiger charge is -2.33. The van der Waals surface area contributed by atoms with Crippen LogP contribution in [0, 0.1) is 5.41 Å². The first-order valence-corrected chi connectivity index (χ1v) is 8.70. The smallest absolute Gasteiger partial charge is 0.416 e. The zero-order valence-electron chi connectivity index (χ0n) is 15.3. The molecule has 152 valence electrons. The highest BCUT2D eigenvalue weighted by atomic mass is 19.4. The highest BCUT2D eigenvalue weighted by Gasteiger charge is 2.41. The Kier molecular flexibility index (Phi) is 6.04. The Bertz CT molecular complexity index is 789. The van der Waals surface area contributed by atoms with Crippen molar-refractivity contribution in [2.45, 2.75) is 25.6 Å². The molecule has 2 heterocycles. The average Bonchev–Trinajstić information content (AvgIpc) is 3.15. The molecule has 3 rings (SSSR count). The third-order valence-corrected chi connectivity index (χ3v) is 4.67. The first-order chi connectivity index (χ1) is 13.3. The summed E-state index contributed by atoms with van der Waals surface area (Å²) in [6.07, 6.45) is -2.07. The lowest BCUT2D eigenvalue weighted by molar-refractivity contribution is -0.168. The molecule has 0 atom stereocenters. The molecular weight excluding hydrogens is 379 g/mol. The number of ether oxygens (including phenoxy) is 3. The van der Waals surface area contributed by atoms with Gasteiger partial charge in [0, 0.05) is 25.9 Å². The van der Waals surface area contributed by atoms with Crippen LogP contribution in [0.25, 0.3) is 11.5 Å². The quantitative estimate of drug-likeness (QED) is 0.688. The molecule has 28 heavy (non-hydrogen) atoms. The minimum absolute atomic E-state index is 0.102. The molecule has 0 amide bonds. The van der Waals surface area contributed by atoms with E-state index >= 15 is 0 Å². The van der Waals surface area contributed by atoms with E-state index in [1.165, 1.54) is 25.5 Å². The van der Waals surface area contributed by atoms with Crippen molar-refractivity contribution in [1.29, 1.82) is 0 Å². The number of carbonyl (C=O) groups is 1. The van der Waals surface area contributed by atoms with Crippen molar-refractivity contribution in [2.75, 3.05) is 26.9 Å². The maximum atomic E-state index is 12.6. The molecule has 1 aliphatic heterocycles. The highest BCUT2D eigenvalue weighted by Crippen LogP contribution is 2.33. The van der Waals surface area contributed by atoms with E-state index < -0.39 is 23.1 Å². The molecule has 0 N–H and O–H groups in total. The van der Waals surface area contributed by atoms with Gasteiger partial charge in [0.05, 0.1) is 17.6 Å². The fraction of sp³-hybridized carbons (Fsp3) is 0.474. The molecule has 1 saturated heterocycles. The van der Waals surface area contributed by atoms with Crippen LogP contribution in [0.1, 0.15) is 24.1 Å². The zero-order valence-corrected chi connectivity index (χ0v) is 15.3. The SMILES string of the molecule is COCC1(C(=O)OCc2coc(-c3ccc(C(F)(F)F)cc3)n2)CCOCC1. The molecule has 0 saturated carbocycles. The molecule has 9 heteroatoms. The highest BCUT2D eigenvalue weighted by molar-refractivity contribution is 5.77. The summed E-state index contributed by atoms with van der Waals surface area (Å²) in [4.78, 5) is 16.7. The van der Waals surface area contributed by atoms with Crippen molar-refractivity contribution in [1.82, 2.24) is 4.98 Å². The van der Waals surface area contributed by atoms with E-state index in [2.05, 4.69) is 4.98 Å². The number of alkyl halides is 3. The number of hydrogen-bond acceptors (Lipinski definition) is 6. The molecule has 0 radical (unpaired) electrons. The van der Waals surface area contributed by atoms with Crippen LogP contribution in [0.4, 0.5) is 13.2 Å². The molecule has 6 nitrogen and oxygen atoms in total. The predicted octanol–water partition coefficient (Wildman–Crippen LogP) is 3.85. The number of methoxy groups -OCH3 is 1. The van der Waals surface area contributed by atoms with Crippen molar-refractivity contribution < 1.29 is 36.6 Å². The first kappa shape index (κ1) is 20.3. The van der Waals surface area contributed by atoms with Crippen LogP contribution >= 0.6 is 0 Å². The van der Waals surface area contributed by atoms with E-state index in [-0.39, 0.29) is 19.1 Å². The fourth-order valence-electron chi connectivity index (χ4n) is 3.05. The molecule has 1 aromatic heterocycles. The number of benzene rings is 1. The molecule has 1 fully saturated rings. The second-order valence-corrected chi connectivity index (χ2v) is 6.62.